The number of ether oxygens (including phenoxy) is 1. The average molecular weight is 424 g/mol. The van der Waals surface area contributed by atoms with E-state index in [0.717, 1.165) is 24.9 Å². The van der Waals surface area contributed by atoms with Gasteiger partial charge in [0, 0.05) is 31.2 Å². The number of morpholine rings is 1. The van der Waals surface area contributed by atoms with Crippen LogP contribution < -0.4 is 21.7 Å². The maximum atomic E-state index is 12.2. The second-order valence-electron chi connectivity index (χ2n) is 7.96. The molecule has 31 heavy (non-hydrogen) atoms. The van der Waals surface area contributed by atoms with Crippen molar-refractivity contribution >= 4 is 23.3 Å². The van der Waals surface area contributed by atoms with E-state index in [2.05, 4.69) is 25.9 Å². The van der Waals surface area contributed by atoms with Crippen LogP contribution in [0, 0.1) is 5.41 Å². The van der Waals surface area contributed by atoms with E-state index in [-0.39, 0.29) is 17.4 Å². The monoisotopic (exact) mass is 423 g/mol. The molecular weight excluding hydrogens is 394 g/mol. The first-order chi connectivity index (χ1) is 15.1. The van der Waals surface area contributed by atoms with Crippen LogP contribution in [0.15, 0.2) is 30.6 Å². The molecule has 1 aromatic heterocycles. The van der Waals surface area contributed by atoms with Crippen molar-refractivity contribution in [1.82, 2.24) is 20.6 Å². The molecule has 164 valence electrons. The van der Waals surface area contributed by atoms with E-state index in [1.165, 1.54) is 19.2 Å². The van der Waals surface area contributed by atoms with Crippen molar-refractivity contribution in [2.24, 2.45) is 0 Å². The van der Waals surface area contributed by atoms with E-state index in [4.69, 9.17) is 15.9 Å². The van der Waals surface area contributed by atoms with Crippen molar-refractivity contribution in [2.75, 3.05) is 30.7 Å². The van der Waals surface area contributed by atoms with Crippen molar-refractivity contribution in [3.8, 4) is 0 Å². The molecule has 1 saturated heterocycles. The summed E-state index contributed by atoms with van der Waals surface area (Å²) in [7, 11) is 0. The van der Waals surface area contributed by atoms with Crippen molar-refractivity contribution in [2.45, 2.75) is 44.4 Å². The molecule has 1 atom stereocenters. The van der Waals surface area contributed by atoms with E-state index in [0.29, 0.717) is 42.7 Å². The fraction of sp³-hybridized carbons (Fsp3) is 0.455. The van der Waals surface area contributed by atoms with Gasteiger partial charge in [-0.1, -0.05) is 37.1 Å². The molecule has 9 heteroatoms. The summed E-state index contributed by atoms with van der Waals surface area (Å²) in [5, 5.41) is 18.2. The van der Waals surface area contributed by atoms with Gasteiger partial charge in [0.2, 0.25) is 0 Å². The smallest absolute Gasteiger partial charge is 0.250 e. The van der Waals surface area contributed by atoms with Crippen LogP contribution in [0.1, 0.15) is 42.4 Å². The number of benzene rings is 1. The zero-order valence-corrected chi connectivity index (χ0v) is 17.5. The Labute approximate surface area is 181 Å². The molecule has 0 bridgehead atoms. The maximum Gasteiger partial charge on any atom is 0.250 e. The number of nitrogens with zero attached hydrogens (tertiary/aromatic N) is 2. The lowest BCUT2D eigenvalue weighted by Gasteiger charge is -2.22. The number of hydrogen-bond donors (Lipinski definition) is 5. The molecule has 2 aliphatic rings. The number of nitrogens with two attached hydrogens (primary N) is 1. The third-order valence-electron chi connectivity index (χ3n) is 5.75. The molecule has 1 aromatic carbocycles. The van der Waals surface area contributed by atoms with Crippen LogP contribution in [0.4, 0.5) is 11.6 Å². The summed E-state index contributed by atoms with van der Waals surface area (Å²) in [6.45, 7) is 2.24. The molecule has 2 fully saturated rings. The van der Waals surface area contributed by atoms with Gasteiger partial charge >= 0.3 is 0 Å². The number of carbonyl (C=O) groups is 1. The van der Waals surface area contributed by atoms with Crippen molar-refractivity contribution in [3.05, 3.63) is 47.3 Å². The molecule has 6 N–H and O–H groups in total. The van der Waals surface area contributed by atoms with Gasteiger partial charge in [-0.25, -0.2) is 9.97 Å². The zero-order valence-electron chi connectivity index (χ0n) is 17.5. The van der Waals surface area contributed by atoms with Crippen LogP contribution in [-0.4, -0.2) is 53.4 Å². The van der Waals surface area contributed by atoms with Gasteiger partial charge in [-0.15, -0.1) is 0 Å². The van der Waals surface area contributed by atoms with Gasteiger partial charge in [-0.2, -0.15) is 0 Å². The summed E-state index contributed by atoms with van der Waals surface area (Å²) >= 11 is 0. The Morgan fingerprint density at radius 1 is 1.23 bits per heavy atom. The van der Waals surface area contributed by atoms with E-state index in [9.17, 15) is 4.79 Å². The summed E-state index contributed by atoms with van der Waals surface area (Å²) in [6, 6.07) is 7.86. The van der Waals surface area contributed by atoms with Gasteiger partial charge in [-0.3, -0.25) is 10.2 Å². The van der Waals surface area contributed by atoms with Gasteiger partial charge in [-0.05, 0) is 18.4 Å². The molecule has 1 saturated carbocycles. The molecule has 1 aliphatic carbocycles. The maximum absolute atomic E-state index is 12.2. The highest BCUT2D eigenvalue weighted by atomic mass is 16.5. The molecule has 1 amide bonds. The molecule has 0 radical (unpaired) electrons. The number of aromatic nitrogens is 2. The van der Waals surface area contributed by atoms with Gasteiger partial charge in [0.1, 0.15) is 24.1 Å². The van der Waals surface area contributed by atoms with Gasteiger partial charge in [0.05, 0.1) is 17.9 Å². The minimum atomic E-state index is -0.451. The molecule has 2 heterocycles. The zero-order chi connectivity index (χ0) is 21.6. The van der Waals surface area contributed by atoms with Gasteiger partial charge < -0.3 is 26.4 Å². The number of nitrogen functional groups attached to an aromatic ring is 1. The number of anilines is 2. The summed E-state index contributed by atoms with van der Waals surface area (Å²) in [5.74, 6) is 0.778. The highest BCUT2D eigenvalue weighted by Crippen LogP contribution is 2.26. The summed E-state index contributed by atoms with van der Waals surface area (Å²) in [6.07, 6.45) is 5.57. The molecule has 9 nitrogen and oxygen atoms in total. The largest absolute Gasteiger partial charge is 0.383 e. The lowest BCUT2D eigenvalue weighted by Crippen LogP contribution is -2.47. The number of rotatable bonds is 7. The lowest BCUT2D eigenvalue weighted by atomic mass is 10.0. The predicted molar refractivity (Wildman–Crippen MR) is 119 cm³/mol. The minimum Gasteiger partial charge on any atom is -0.383 e. The second kappa shape index (κ2) is 9.84. The van der Waals surface area contributed by atoms with Crippen molar-refractivity contribution in [1.29, 1.82) is 5.41 Å². The standard InChI is InChI=1S/C22H29N7O2/c23-19(18-20(24)27-13-28-21(18)29-16-3-1-2-4-16)15-7-5-14(6-8-15)11-26-22(30)17-12-25-9-10-31-17/h5-8,13,16-17,23,25H,1-4,9-12H2,(H,26,30)(H3,24,27,28,29). The highest BCUT2D eigenvalue weighted by molar-refractivity contribution is 6.16. The first-order valence-corrected chi connectivity index (χ1v) is 10.8. The Hall–Kier alpha value is -3.04. The quantitative estimate of drug-likeness (QED) is 0.425. The number of carbonyl (C=O) groups excluding carboxylic acids is 1. The van der Waals surface area contributed by atoms with Crippen LogP contribution in [0.3, 0.4) is 0 Å². The summed E-state index contributed by atoms with van der Waals surface area (Å²) in [4.78, 5) is 20.6. The molecular formula is C22H29N7O2. The fourth-order valence-electron chi connectivity index (χ4n) is 3.99. The lowest BCUT2D eigenvalue weighted by molar-refractivity contribution is -0.134. The second-order valence-corrected chi connectivity index (χ2v) is 7.96. The minimum absolute atomic E-state index is 0.124. The Kier molecular flexibility index (Phi) is 6.73. The Morgan fingerprint density at radius 3 is 2.71 bits per heavy atom. The number of amides is 1. The first-order valence-electron chi connectivity index (χ1n) is 10.8. The molecule has 4 rings (SSSR count). The van der Waals surface area contributed by atoms with E-state index >= 15 is 0 Å². The van der Waals surface area contributed by atoms with Crippen LogP contribution >= 0.6 is 0 Å². The predicted octanol–water partition coefficient (Wildman–Crippen LogP) is 1.43. The highest BCUT2D eigenvalue weighted by Gasteiger charge is 2.22. The van der Waals surface area contributed by atoms with Gasteiger partial charge in [0.25, 0.3) is 5.91 Å². The Bertz CT molecular complexity index is 920. The van der Waals surface area contributed by atoms with E-state index in [1.807, 2.05) is 24.3 Å². The van der Waals surface area contributed by atoms with Crippen molar-refractivity contribution < 1.29 is 9.53 Å². The van der Waals surface area contributed by atoms with Gasteiger partial charge in [0.15, 0.2) is 0 Å². The Balaban J connectivity index is 1.42. The van der Waals surface area contributed by atoms with E-state index < -0.39 is 6.10 Å². The van der Waals surface area contributed by atoms with Crippen LogP contribution in [0.5, 0.6) is 0 Å². The summed E-state index contributed by atoms with van der Waals surface area (Å²) in [5.41, 5.74) is 8.57. The topological polar surface area (TPSA) is 138 Å². The normalized spacial score (nSPS) is 19.2. The number of hydrogen-bond acceptors (Lipinski definition) is 8. The fourth-order valence-corrected chi connectivity index (χ4v) is 3.99. The SMILES string of the molecule is N=C(c1ccc(CNC(=O)C2CNCCO2)cc1)c1c(N)ncnc1NC1CCCC1. The number of nitrogens with one attached hydrogen (secondary N) is 4. The van der Waals surface area contributed by atoms with Crippen LogP contribution in [-0.2, 0) is 16.1 Å². The molecule has 0 spiro atoms. The molecule has 1 aliphatic heterocycles. The first kappa shape index (κ1) is 21.2. The summed E-state index contributed by atoms with van der Waals surface area (Å²) < 4.78 is 5.47. The molecule has 2 aromatic rings. The van der Waals surface area contributed by atoms with Crippen LogP contribution in [0.2, 0.25) is 0 Å². The van der Waals surface area contributed by atoms with E-state index in [1.54, 1.807) is 0 Å². The Morgan fingerprint density at radius 2 is 2.00 bits per heavy atom. The molecule has 1 unspecified atom stereocenters. The van der Waals surface area contributed by atoms with Crippen LogP contribution in [0.25, 0.3) is 0 Å². The average Bonchev–Trinajstić information content (AvgIpc) is 3.31. The van der Waals surface area contributed by atoms with Crippen molar-refractivity contribution in [3.63, 3.8) is 0 Å². The third kappa shape index (κ3) is 5.18. The third-order valence-corrected chi connectivity index (χ3v) is 5.75.